The van der Waals surface area contributed by atoms with E-state index in [0.717, 1.165) is 56.7 Å². The lowest BCUT2D eigenvalue weighted by atomic mass is 9.96. The number of piperazine rings is 1. The van der Waals surface area contributed by atoms with Gasteiger partial charge in [0.1, 0.15) is 0 Å². The quantitative estimate of drug-likeness (QED) is 0.875. The summed E-state index contributed by atoms with van der Waals surface area (Å²) in [5, 5.41) is 7.25. The maximum absolute atomic E-state index is 12.5. The van der Waals surface area contributed by atoms with Gasteiger partial charge in [-0.3, -0.25) is 0 Å². The van der Waals surface area contributed by atoms with Crippen LogP contribution in [0.25, 0.3) is 11.4 Å². The van der Waals surface area contributed by atoms with Crippen LogP contribution in [0.3, 0.4) is 0 Å². The number of nitrogens with zero attached hydrogens (tertiary/aromatic N) is 4. The molecule has 1 aliphatic heterocycles. The van der Waals surface area contributed by atoms with Gasteiger partial charge in [-0.25, -0.2) is 4.79 Å². The summed E-state index contributed by atoms with van der Waals surface area (Å²) in [5.41, 5.74) is 2.12. The van der Waals surface area contributed by atoms with E-state index in [1.54, 1.807) is 0 Å². The molecule has 1 saturated carbocycles. The third-order valence-electron chi connectivity index (χ3n) is 5.76. The van der Waals surface area contributed by atoms with Crippen molar-refractivity contribution in [2.75, 3.05) is 31.1 Å². The molecule has 150 valence electrons. The summed E-state index contributed by atoms with van der Waals surface area (Å²) in [6.45, 7) is 5.20. The molecule has 0 bridgehead atoms. The van der Waals surface area contributed by atoms with E-state index in [9.17, 15) is 4.79 Å². The van der Waals surface area contributed by atoms with Crippen LogP contribution in [-0.2, 0) is 6.42 Å². The average Bonchev–Trinajstić information content (AvgIpc) is 3.24. The highest BCUT2D eigenvalue weighted by Gasteiger charge is 2.24. The molecule has 1 aromatic carbocycles. The first kappa shape index (κ1) is 18.8. The molecule has 0 radical (unpaired) electrons. The van der Waals surface area contributed by atoms with Crippen LogP contribution in [0.1, 0.15) is 44.9 Å². The van der Waals surface area contributed by atoms with E-state index in [4.69, 9.17) is 4.52 Å². The first-order valence-electron chi connectivity index (χ1n) is 10.5. The van der Waals surface area contributed by atoms with Gasteiger partial charge in [-0.05, 0) is 37.1 Å². The summed E-state index contributed by atoms with van der Waals surface area (Å²) >= 11 is 0. The molecule has 0 atom stereocenters. The van der Waals surface area contributed by atoms with Gasteiger partial charge < -0.3 is 19.6 Å². The van der Waals surface area contributed by atoms with E-state index < -0.39 is 0 Å². The number of carbonyl (C=O) groups is 1. The number of aryl methyl sites for hydroxylation is 1. The third kappa shape index (κ3) is 4.29. The van der Waals surface area contributed by atoms with Crippen LogP contribution in [-0.4, -0.2) is 53.3 Å². The van der Waals surface area contributed by atoms with Crippen molar-refractivity contribution in [3.05, 3.63) is 30.2 Å². The summed E-state index contributed by atoms with van der Waals surface area (Å²) in [5.74, 6) is 1.29. The standard InChI is InChI=1S/C21H29N5O2/c1-2-19-23-20(24-28-19)16-8-10-18(11-9-16)25-12-14-26(15-13-25)21(27)22-17-6-4-3-5-7-17/h8-11,17H,2-7,12-15H2,1H3,(H,22,27). The van der Waals surface area contributed by atoms with Crippen molar-refractivity contribution in [2.24, 2.45) is 0 Å². The van der Waals surface area contributed by atoms with Gasteiger partial charge >= 0.3 is 6.03 Å². The predicted molar refractivity (Wildman–Crippen MR) is 108 cm³/mol. The monoisotopic (exact) mass is 383 g/mol. The molecule has 0 spiro atoms. The summed E-state index contributed by atoms with van der Waals surface area (Å²) in [6, 6.07) is 8.71. The highest BCUT2D eigenvalue weighted by Crippen LogP contribution is 2.23. The number of hydrogen-bond donors (Lipinski definition) is 1. The molecule has 4 rings (SSSR count). The second-order valence-electron chi connectivity index (χ2n) is 7.67. The van der Waals surface area contributed by atoms with Crippen LogP contribution in [0.15, 0.2) is 28.8 Å². The largest absolute Gasteiger partial charge is 0.368 e. The van der Waals surface area contributed by atoms with Gasteiger partial charge in [0.05, 0.1) is 0 Å². The van der Waals surface area contributed by atoms with E-state index >= 15 is 0 Å². The number of rotatable bonds is 4. The van der Waals surface area contributed by atoms with Gasteiger partial charge in [-0.2, -0.15) is 4.98 Å². The van der Waals surface area contributed by atoms with Gasteiger partial charge in [0.15, 0.2) is 0 Å². The van der Waals surface area contributed by atoms with Gasteiger partial charge in [0.2, 0.25) is 11.7 Å². The Balaban J connectivity index is 1.30. The molecule has 2 aliphatic rings. The fraction of sp³-hybridized carbons (Fsp3) is 0.571. The predicted octanol–water partition coefficient (Wildman–Crippen LogP) is 3.46. The number of carbonyl (C=O) groups excluding carboxylic acids is 1. The highest BCUT2D eigenvalue weighted by molar-refractivity contribution is 5.75. The lowest BCUT2D eigenvalue weighted by molar-refractivity contribution is 0.186. The zero-order chi connectivity index (χ0) is 19.3. The van der Waals surface area contributed by atoms with Crippen LogP contribution in [0.4, 0.5) is 10.5 Å². The van der Waals surface area contributed by atoms with Crippen molar-refractivity contribution >= 4 is 11.7 Å². The third-order valence-corrected chi connectivity index (χ3v) is 5.76. The molecular formula is C21H29N5O2. The number of urea groups is 1. The maximum Gasteiger partial charge on any atom is 0.317 e. The SMILES string of the molecule is CCc1nc(-c2ccc(N3CCN(C(=O)NC4CCCCC4)CC3)cc2)no1. The summed E-state index contributed by atoms with van der Waals surface area (Å²) < 4.78 is 5.19. The van der Waals surface area contributed by atoms with Crippen molar-refractivity contribution < 1.29 is 9.32 Å². The Hall–Kier alpha value is -2.57. The number of aromatic nitrogens is 2. The van der Waals surface area contributed by atoms with Crippen molar-refractivity contribution in [3.8, 4) is 11.4 Å². The van der Waals surface area contributed by atoms with E-state index in [1.807, 2.05) is 24.0 Å². The van der Waals surface area contributed by atoms with E-state index in [1.165, 1.54) is 19.3 Å². The van der Waals surface area contributed by atoms with Crippen molar-refractivity contribution in [3.63, 3.8) is 0 Å². The molecule has 2 amide bonds. The van der Waals surface area contributed by atoms with Crippen LogP contribution in [0.2, 0.25) is 0 Å². The number of anilines is 1. The number of hydrogen-bond acceptors (Lipinski definition) is 5. The Morgan fingerprint density at radius 3 is 2.46 bits per heavy atom. The molecule has 7 nitrogen and oxygen atoms in total. The first-order chi connectivity index (χ1) is 13.7. The Kier molecular flexibility index (Phi) is 5.78. The average molecular weight is 383 g/mol. The zero-order valence-electron chi connectivity index (χ0n) is 16.6. The molecule has 1 saturated heterocycles. The minimum atomic E-state index is 0.103. The second-order valence-corrected chi connectivity index (χ2v) is 7.67. The fourth-order valence-corrected chi connectivity index (χ4v) is 4.02. The van der Waals surface area contributed by atoms with E-state index in [2.05, 4.69) is 32.5 Å². The van der Waals surface area contributed by atoms with Crippen molar-refractivity contribution in [2.45, 2.75) is 51.5 Å². The smallest absolute Gasteiger partial charge is 0.317 e. The lowest BCUT2D eigenvalue weighted by Crippen LogP contribution is -2.53. The highest BCUT2D eigenvalue weighted by atomic mass is 16.5. The van der Waals surface area contributed by atoms with Gasteiger partial charge in [0.25, 0.3) is 0 Å². The zero-order valence-corrected chi connectivity index (χ0v) is 16.6. The van der Waals surface area contributed by atoms with Gasteiger partial charge in [0, 0.05) is 49.9 Å². The molecule has 2 heterocycles. The minimum absolute atomic E-state index is 0.103. The Labute approximate surface area is 166 Å². The van der Waals surface area contributed by atoms with Crippen LogP contribution in [0.5, 0.6) is 0 Å². The summed E-state index contributed by atoms with van der Waals surface area (Å²) in [7, 11) is 0. The number of amides is 2. The molecule has 0 unspecified atom stereocenters. The maximum atomic E-state index is 12.5. The van der Waals surface area contributed by atoms with E-state index in [0.29, 0.717) is 17.8 Å². The van der Waals surface area contributed by atoms with Crippen LogP contribution in [0, 0.1) is 0 Å². The molecular weight excluding hydrogens is 354 g/mol. The Morgan fingerprint density at radius 1 is 1.11 bits per heavy atom. The molecule has 7 heteroatoms. The molecule has 1 aliphatic carbocycles. The van der Waals surface area contributed by atoms with Crippen LogP contribution >= 0.6 is 0 Å². The molecule has 28 heavy (non-hydrogen) atoms. The molecule has 1 aromatic heterocycles. The summed E-state index contributed by atoms with van der Waals surface area (Å²) in [4.78, 5) is 21.2. The van der Waals surface area contributed by atoms with Crippen molar-refractivity contribution in [1.82, 2.24) is 20.4 Å². The Bertz CT molecular complexity index is 774. The van der Waals surface area contributed by atoms with Crippen LogP contribution < -0.4 is 10.2 Å². The molecule has 1 N–H and O–H groups in total. The lowest BCUT2D eigenvalue weighted by Gasteiger charge is -2.37. The van der Waals surface area contributed by atoms with E-state index in [-0.39, 0.29) is 6.03 Å². The topological polar surface area (TPSA) is 74.5 Å². The summed E-state index contributed by atoms with van der Waals surface area (Å²) in [6.07, 6.45) is 6.76. The molecule has 2 aromatic rings. The fourth-order valence-electron chi connectivity index (χ4n) is 4.02. The van der Waals surface area contributed by atoms with Crippen molar-refractivity contribution in [1.29, 1.82) is 0 Å². The number of benzene rings is 1. The molecule has 2 fully saturated rings. The van der Waals surface area contributed by atoms with Gasteiger partial charge in [-0.1, -0.05) is 31.3 Å². The Morgan fingerprint density at radius 2 is 1.82 bits per heavy atom. The minimum Gasteiger partial charge on any atom is -0.368 e. The first-order valence-corrected chi connectivity index (χ1v) is 10.5. The second kappa shape index (κ2) is 8.63. The number of nitrogens with one attached hydrogen (secondary N) is 1. The van der Waals surface area contributed by atoms with Gasteiger partial charge in [-0.15, -0.1) is 0 Å². The normalized spacial score (nSPS) is 18.3.